The number of nitrogens with one attached hydrogen (secondary N) is 1. The Hall–Kier alpha value is -1.88. The van der Waals surface area contributed by atoms with Crippen molar-refractivity contribution in [2.24, 2.45) is 0 Å². The normalized spacial score (nSPS) is 10.3. The molecule has 2 aromatic rings. The van der Waals surface area contributed by atoms with Gasteiger partial charge >= 0.3 is 5.97 Å². The molecule has 0 aliphatic rings. The minimum atomic E-state index is -0.535. The second-order valence-corrected chi connectivity index (χ2v) is 3.69. The van der Waals surface area contributed by atoms with Crippen molar-refractivity contribution in [3.05, 3.63) is 40.8 Å². The number of nitrogens with zero attached hydrogens (tertiary/aromatic N) is 1. The largest absolute Gasteiger partial charge is 0.464 e. The highest BCUT2D eigenvalue weighted by Gasteiger charge is 2.11. The molecule has 0 atom stereocenters. The van der Waals surface area contributed by atoms with E-state index in [1.807, 2.05) is 0 Å². The van der Waals surface area contributed by atoms with Crippen LogP contribution in [-0.4, -0.2) is 23.3 Å². The lowest BCUT2D eigenvalue weighted by atomic mass is 10.1. The fourth-order valence-electron chi connectivity index (χ4n) is 1.34. The van der Waals surface area contributed by atoms with Gasteiger partial charge in [0.1, 0.15) is 11.5 Å². The maximum atomic E-state index is 13.2. The van der Waals surface area contributed by atoms with Crippen molar-refractivity contribution in [3.63, 3.8) is 0 Å². The van der Waals surface area contributed by atoms with E-state index in [1.165, 1.54) is 25.3 Å². The zero-order chi connectivity index (χ0) is 12.4. The van der Waals surface area contributed by atoms with Crippen molar-refractivity contribution in [3.8, 4) is 11.3 Å². The fraction of sp³-hybridized carbons (Fsp3) is 0.0909. The molecule has 0 aliphatic carbocycles. The minimum absolute atomic E-state index is 0.0393. The molecule has 0 radical (unpaired) electrons. The second-order valence-electron chi connectivity index (χ2n) is 3.29. The van der Waals surface area contributed by atoms with E-state index in [0.717, 1.165) is 0 Å². The van der Waals surface area contributed by atoms with Gasteiger partial charge in [-0.1, -0.05) is 17.7 Å². The van der Waals surface area contributed by atoms with Crippen LogP contribution in [0.3, 0.4) is 0 Å². The monoisotopic (exact) mass is 254 g/mol. The number of halogens is 2. The topological polar surface area (TPSA) is 55.0 Å². The predicted octanol–water partition coefficient (Wildman–Crippen LogP) is 2.66. The molecule has 1 aromatic heterocycles. The molecule has 6 heteroatoms. The molecule has 1 aromatic carbocycles. The second kappa shape index (κ2) is 4.55. The summed E-state index contributed by atoms with van der Waals surface area (Å²) in [6, 6.07) is 5.77. The van der Waals surface area contributed by atoms with Gasteiger partial charge < -0.3 is 4.74 Å². The Kier molecular flexibility index (Phi) is 3.10. The molecule has 0 aliphatic heterocycles. The van der Waals surface area contributed by atoms with E-state index >= 15 is 0 Å². The number of hydrogen-bond acceptors (Lipinski definition) is 3. The summed E-state index contributed by atoms with van der Waals surface area (Å²) >= 11 is 5.57. The minimum Gasteiger partial charge on any atom is -0.464 e. The average molecular weight is 255 g/mol. The first-order valence-electron chi connectivity index (χ1n) is 4.71. The van der Waals surface area contributed by atoms with Gasteiger partial charge in [0, 0.05) is 5.56 Å². The Bertz CT molecular complexity index is 568. The Morgan fingerprint density at radius 3 is 2.88 bits per heavy atom. The Morgan fingerprint density at radius 1 is 1.47 bits per heavy atom. The number of aromatic nitrogens is 2. The van der Waals surface area contributed by atoms with Crippen molar-refractivity contribution < 1.29 is 13.9 Å². The first-order valence-corrected chi connectivity index (χ1v) is 5.09. The molecular formula is C11H8ClFN2O2. The summed E-state index contributed by atoms with van der Waals surface area (Å²) in [6.45, 7) is 0. The number of rotatable bonds is 2. The first-order chi connectivity index (χ1) is 8.11. The highest BCUT2D eigenvalue weighted by atomic mass is 35.5. The van der Waals surface area contributed by atoms with E-state index in [4.69, 9.17) is 11.6 Å². The molecule has 1 N–H and O–H groups in total. The summed E-state index contributed by atoms with van der Waals surface area (Å²) in [6.07, 6.45) is 0. The lowest BCUT2D eigenvalue weighted by molar-refractivity contribution is 0.0594. The van der Waals surface area contributed by atoms with Crippen LogP contribution in [0.15, 0.2) is 24.3 Å². The van der Waals surface area contributed by atoms with Crippen LogP contribution in [0.2, 0.25) is 5.02 Å². The molecule has 1 heterocycles. The van der Waals surface area contributed by atoms with E-state index in [0.29, 0.717) is 11.3 Å². The van der Waals surface area contributed by atoms with E-state index < -0.39 is 11.8 Å². The Balaban J connectivity index is 2.37. The third-order valence-corrected chi connectivity index (χ3v) is 2.51. The van der Waals surface area contributed by atoms with Gasteiger partial charge in [0.2, 0.25) is 0 Å². The van der Waals surface area contributed by atoms with Crippen molar-refractivity contribution in [2.45, 2.75) is 0 Å². The molecule has 17 heavy (non-hydrogen) atoms. The zero-order valence-electron chi connectivity index (χ0n) is 8.83. The fourth-order valence-corrected chi connectivity index (χ4v) is 1.46. The third-order valence-electron chi connectivity index (χ3n) is 2.20. The van der Waals surface area contributed by atoms with Gasteiger partial charge in [-0.15, -0.1) is 0 Å². The lowest BCUT2D eigenvalue weighted by Gasteiger charge is -1.97. The predicted molar refractivity (Wildman–Crippen MR) is 60.3 cm³/mol. The molecule has 2 rings (SSSR count). The quantitative estimate of drug-likeness (QED) is 0.839. The summed E-state index contributed by atoms with van der Waals surface area (Å²) in [7, 11) is 1.27. The average Bonchev–Trinajstić information content (AvgIpc) is 2.81. The number of hydrogen-bond donors (Lipinski definition) is 1. The van der Waals surface area contributed by atoms with E-state index in [1.54, 1.807) is 6.07 Å². The summed E-state index contributed by atoms with van der Waals surface area (Å²) < 4.78 is 17.8. The van der Waals surface area contributed by atoms with Gasteiger partial charge in [0.15, 0.2) is 0 Å². The smallest absolute Gasteiger partial charge is 0.356 e. The number of ether oxygens (including phenoxy) is 1. The van der Waals surface area contributed by atoms with Gasteiger partial charge in [-0.05, 0) is 18.2 Å². The number of carbonyl (C=O) groups excluding carboxylic acids is 1. The molecule has 0 unspecified atom stereocenters. The maximum Gasteiger partial charge on any atom is 0.356 e. The zero-order valence-corrected chi connectivity index (χ0v) is 9.58. The van der Waals surface area contributed by atoms with Crippen LogP contribution in [0.5, 0.6) is 0 Å². The van der Waals surface area contributed by atoms with Crippen LogP contribution in [0.4, 0.5) is 4.39 Å². The van der Waals surface area contributed by atoms with Crippen LogP contribution in [0, 0.1) is 5.82 Å². The SMILES string of the molecule is COC(=O)c1cc(-c2ccc(Cl)c(F)c2)n[nH]1. The number of methoxy groups -OCH3 is 1. The highest BCUT2D eigenvalue weighted by Crippen LogP contribution is 2.23. The maximum absolute atomic E-state index is 13.2. The summed E-state index contributed by atoms with van der Waals surface area (Å²) in [5.41, 5.74) is 1.18. The van der Waals surface area contributed by atoms with E-state index in [9.17, 15) is 9.18 Å². The van der Waals surface area contributed by atoms with Crippen molar-refractivity contribution in [1.29, 1.82) is 0 Å². The first kappa shape index (κ1) is 11.6. The standard InChI is InChI=1S/C11H8ClFN2O2/c1-17-11(16)10-5-9(14-15-10)6-2-3-7(12)8(13)4-6/h2-5H,1H3,(H,14,15). The number of H-pyrrole nitrogens is 1. The molecule has 0 fully saturated rings. The van der Waals surface area contributed by atoms with Gasteiger partial charge in [-0.2, -0.15) is 5.10 Å². The number of aromatic amines is 1. The van der Waals surface area contributed by atoms with Crippen molar-refractivity contribution in [1.82, 2.24) is 10.2 Å². The summed E-state index contributed by atoms with van der Waals surface area (Å²) in [5, 5.41) is 6.44. The van der Waals surface area contributed by atoms with Crippen LogP contribution in [0.25, 0.3) is 11.3 Å². The molecule has 0 amide bonds. The number of esters is 1. The molecule has 88 valence electrons. The molecule has 4 nitrogen and oxygen atoms in total. The summed E-state index contributed by atoms with van der Waals surface area (Å²) in [4.78, 5) is 11.2. The van der Waals surface area contributed by atoms with Gasteiger partial charge in [-0.3, -0.25) is 5.10 Å². The van der Waals surface area contributed by atoms with Crippen LogP contribution in [0.1, 0.15) is 10.5 Å². The van der Waals surface area contributed by atoms with Gasteiger partial charge in [0.25, 0.3) is 0 Å². The number of carbonyl (C=O) groups is 1. The third kappa shape index (κ3) is 2.29. The Labute approximate surface area is 101 Å². The summed E-state index contributed by atoms with van der Waals surface area (Å²) in [5.74, 6) is -1.06. The molecule has 0 saturated carbocycles. The van der Waals surface area contributed by atoms with Crippen LogP contribution >= 0.6 is 11.6 Å². The van der Waals surface area contributed by atoms with E-state index in [-0.39, 0.29) is 10.7 Å². The number of benzene rings is 1. The van der Waals surface area contributed by atoms with Gasteiger partial charge in [0.05, 0.1) is 17.8 Å². The van der Waals surface area contributed by atoms with Crippen LogP contribution < -0.4 is 0 Å². The lowest BCUT2D eigenvalue weighted by Crippen LogP contribution is -2.00. The Morgan fingerprint density at radius 2 is 2.24 bits per heavy atom. The molecule has 0 bridgehead atoms. The highest BCUT2D eigenvalue weighted by molar-refractivity contribution is 6.30. The molecule has 0 saturated heterocycles. The molecular weight excluding hydrogens is 247 g/mol. The molecule has 0 spiro atoms. The van der Waals surface area contributed by atoms with Crippen LogP contribution in [-0.2, 0) is 4.74 Å². The van der Waals surface area contributed by atoms with Gasteiger partial charge in [-0.25, -0.2) is 9.18 Å². The van der Waals surface area contributed by atoms with E-state index in [2.05, 4.69) is 14.9 Å². The van der Waals surface area contributed by atoms with Crippen molar-refractivity contribution >= 4 is 17.6 Å². The van der Waals surface area contributed by atoms with Crippen molar-refractivity contribution in [2.75, 3.05) is 7.11 Å².